The van der Waals surface area contributed by atoms with Gasteiger partial charge < -0.3 is 0 Å². The third kappa shape index (κ3) is 5.76. The molecule has 274 valence electrons. The lowest BCUT2D eigenvalue weighted by molar-refractivity contribution is 0.660. The van der Waals surface area contributed by atoms with Gasteiger partial charge in [-0.05, 0) is 79.9 Å². The summed E-state index contributed by atoms with van der Waals surface area (Å²) >= 11 is 1.87. The van der Waals surface area contributed by atoms with E-state index in [0.717, 1.165) is 27.8 Å². The standard InChI is InChI=1S/C54H37N3S/c1-54(2)47-19-11-9-17-41(47)46-32-44(40-29-30-43-42-18-10-12-20-49(42)58-50(43)31-40)45(33-48(46)54)36-25-21-34(22-26-36)35-23-27-39(28-24-35)53-56-51(37-13-5-3-6-14-37)55-52(57-53)38-15-7-4-8-16-38/h3-33H,1-2H3. The van der Waals surface area contributed by atoms with E-state index in [0.29, 0.717) is 17.5 Å². The Morgan fingerprint density at radius 3 is 1.47 bits per heavy atom. The average molecular weight is 760 g/mol. The SMILES string of the molecule is CC1(C)c2ccccc2-c2cc(-c3ccc4c(c3)sc3ccccc34)c(-c3ccc(-c4ccc(-c5nc(-c6ccccc6)nc(-c6ccccc6)n5)cc4)cc3)cc21. The van der Waals surface area contributed by atoms with Gasteiger partial charge >= 0.3 is 0 Å². The van der Waals surface area contributed by atoms with Crippen LogP contribution in [0.2, 0.25) is 0 Å². The maximum atomic E-state index is 4.93. The van der Waals surface area contributed by atoms with Crippen LogP contribution in [0.4, 0.5) is 0 Å². The fourth-order valence-electron chi connectivity index (χ4n) is 8.71. The molecule has 0 spiro atoms. The minimum absolute atomic E-state index is 0.0986. The van der Waals surface area contributed by atoms with Crippen molar-refractivity contribution in [3.63, 3.8) is 0 Å². The minimum atomic E-state index is -0.0986. The van der Waals surface area contributed by atoms with E-state index in [1.54, 1.807) is 0 Å². The molecule has 0 fully saturated rings. The van der Waals surface area contributed by atoms with E-state index in [1.165, 1.54) is 64.7 Å². The molecular weight excluding hydrogens is 723 g/mol. The topological polar surface area (TPSA) is 38.7 Å². The second kappa shape index (κ2) is 13.6. The van der Waals surface area contributed by atoms with Gasteiger partial charge in [-0.2, -0.15) is 0 Å². The summed E-state index contributed by atoms with van der Waals surface area (Å²) in [7, 11) is 0. The van der Waals surface area contributed by atoms with Crippen LogP contribution in [0.1, 0.15) is 25.0 Å². The van der Waals surface area contributed by atoms with Crippen molar-refractivity contribution < 1.29 is 0 Å². The van der Waals surface area contributed by atoms with Gasteiger partial charge in [0.2, 0.25) is 0 Å². The van der Waals surface area contributed by atoms with E-state index in [9.17, 15) is 0 Å². The van der Waals surface area contributed by atoms with E-state index in [4.69, 9.17) is 15.0 Å². The van der Waals surface area contributed by atoms with Crippen molar-refractivity contribution in [2.24, 2.45) is 0 Å². The lowest BCUT2D eigenvalue weighted by Gasteiger charge is -2.23. The second-order valence-electron chi connectivity index (χ2n) is 15.6. The monoisotopic (exact) mass is 759 g/mol. The molecule has 10 aromatic rings. The summed E-state index contributed by atoms with van der Waals surface area (Å²) in [5.41, 5.74) is 15.4. The van der Waals surface area contributed by atoms with Gasteiger partial charge in [0.15, 0.2) is 17.5 Å². The molecule has 0 aliphatic heterocycles. The molecule has 0 atom stereocenters. The van der Waals surface area contributed by atoms with Crippen LogP contribution in [-0.4, -0.2) is 15.0 Å². The molecule has 58 heavy (non-hydrogen) atoms. The first-order chi connectivity index (χ1) is 28.5. The molecule has 0 radical (unpaired) electrons. The van der Waals surface area contributed by atoms with Gasteiger partial charge in [0.05, 0.1) is 0 Å². The molecule has 2 aromatic heterocycles. The van der Waals surface area contributed by atoms with Gasteiger partial charge in [-0.3, -0.25) is 0 Å². The Morgan fingerprint density at radius 2 is 0.810 bits per heavy atom. The predicted molar refractivity (Wildman–Crippen MR) is 243 cm³/mol. The fraction of sp³-hybridized carbons (Fsp3) is 0.0556. The molecule has 0 unspecified atom stereocenters. The smallest absolute Gasteiger partial charge is 0.164 e. The van der Waals surface area contributed by atoms with E-state index in [2.05, 4.69) is 141 Å². The third-order valence-corrected chi connectivity index (χ3v) is 12.9. The van der Waals surface area contributed by atoms with E-state index in [-0.39, 0.29) is 5.41 Å². The fourth-order valence-corrected chi connectivity index (χ4v) is 9.86. The summed E-state index contributed by atoms with van der Waals surface area (Å²) in [5.74, 6) is 1.97. The van der Waals surface area contributed by atoms with Crippen molar-refractivity contribution in [2.75, 3.05) is 0 Å². The Hall–Kier alpha value is -7.01. The van der Waals surface area contributed by atoms with Crippen LogP contribution in [0, 0.1) is 0 Å². The highest BCUT2D eigenvalue weighted by Gasteiger charge is 2.36. The Morgan fingerprint density at radius 1 is 0.328 bits per heavy atom. The molecular formula is C54H37N3S. The quantitative estimate of drug-likeness (QED) is 0.169. The van der Waals surface area contributed by atoms with Gasteiger partial charge in [0, 0.05) is 42.3 Å². The number of hydrogen-bond acceptors (Lipinski definition) is 4. The third-order valence-electron chi connectivity index (χ3n) is 11.8. The maximum Gasteiger partial charge on any atom is 0.164 e. The first kappa shape index (κ1) is 34.3. The summed E-state index contributed by atoms with van der Waals surface area (Å²) < 4.78 is 2.64. The van der Waals surface area contributed by atoms with Crippen LogP contribution in [-0.2, 0) is 5.41 Å². The maximum absolute atomic E-state index is 4.93. The largest absolute Gasteiger partial charge is 0.208 e. The Bertz CT molecular complexity index is 3110. The number of rotatable bonds is 6. The zero-order valence-electron chi connectivity index (χ0n) is 32.1. The number of fused-ring (bicyclic) bond motifs is 6. The average Bonchev–Trinajstić information content (AvgIpc) is 3.77. The van der Waals surface area contributed by atoms with Crippen molar-refractivity contribution in [1.82, 2.24) is 15.0 Å². The molecule has 11 rings (SSSR count). The Labute approximate surface area is 342 Å². The molecule has 1 aliphatic rings. The zero-order chi connectivity index (χ0) is 38.8. The molecule has 4 heteroatoms. The Balaban J connectivity index is 0.976. The normalized spacial score (nSPS) is 12.8. The summed E-state index contributed by atoms with van der Waals surface area (Å²) in [6.07, 6.45) is 0. The lowest BCUT2D eigenvalue weighted by atomic mass is 9.80. The number of hydrogen-bond donors (Lipinski definition) is 0. The molecule has 8 aromatic carbocycles. The minimum Gasteiger partial charge on any atom is -0.208 e. The van der Waals surface area contributed by atoms with Crippen molar-refractivity contribution in [3.05, 3.63) is 199 Å². The molecule has 1 aliphatic carbocycles. The first-order valence-electron chi connectivity index (χ1n) is 19.8. The molecule has 0 bridgehead atoms. The number of aromatic nitrogens is 3. The second-order valence-corrected chi connectivity index (χ2v) is 16.7. The van der Waals surface area contributed by atoms with E-state index in [1.807, 2.05) is 72.0 Å². The highest BCUT2D eigenvalue weighted by molar-refractivity contribution is 7.25. The van der Waals surface area contributed by atoms with Gasteiger partial charge in [0.1, 0.15) is 0 Å². The van der Waals surface area contributed by atoms with E-state index >= 15 is 0 Å². The summed E-state index contributed by atoms with van der Waals surface area (Å²) in [4.78, 5) is 14.7. The number of thiophene rings is 1. The molecule has 2 heterocycles. The molecule has 0 amide bonds. The predicted octanol–water partition coefficient (Wildman–Crippen LogP) is 14.5. The van der Waals surface area contributed by atoms with Crippen LogP contribution in [0.5, 0.6) is 0 Å². The summed E-state index contributed by atoms with van der Waals surface area (Å²) in [6, 6.07) is 67.4. The first-order valence-corrected chi connectivity index (χ1v) is 20.6. The Kier molecular flexibility index (Phi) is 8.02. The molecule has 3 nitrogen and oxygen atoms in total. The van der Waals surface area contributed by atoms with Crippen LogP contribution < -0.4 is 0 Å². The van der Waals surface area contributed by atoms with Gasteiger partial charge in [0.25, 0.3) is 0 Å². The number of nitrogens with zero attached hydrogens (tertiary/aromatic N) is 3. The lowest BCUT2D eigenvalue weighted by Crippen LogP contribution is -2.15. The molecule has 0 saturated heterocycles. The number of benzene rings is 8. The van der Waals surface area contributed by atoms with Crippen molar-refractivity contribution >= 4 is 31.5 Å². The highest BCUT2D eigenvalue weighted by atomic mass is 32.1. The van der Waals surface area contributed by atoms with Crippen LogP contribution in [0.3, 0.4) is 0 Å². The van der Waals surface area contributed by atoms with Gasteiger partial charge in [-0.1, -0.05) is 178 Å². The van der Waals surface area contributed by atoms with Gasteiger partial charge in [-0.15, -0.1) is 11.3 Å². The van der Waals surface area contributed by atoms with Crippen LogP contribution >= 0.6 is 11.3 Å². The van der Waals surface area contributed by atoms with Crippen molar-refractivity contribution in [1.29, 1.82) is 0 Å². The zero-order valence-corrected chi connectivity index (χ0v) is 33.0. The summed E-state index contributed by atoms with van der Waals surface area (Å²) in [5, 5.41) is 2.64. The van der Waals surface area contributed by atoms with Crippen LogP contribution in [0.15, 0.2) is 188 Å². The van der Waals surface area contributed by atoms with E-state index < -0.39 is 0 Å². The molecule has 0 N–H and O–H groups in total. The van der Waals surface area contributed by atoms with Gasteiger partial charge in [-0.25, -0.2) is 15.0 Å². The molecule has 0 saturated carbocycles. The highest BCUT2D eigenvalue weighted by Crippen LogP contribution is 2.52. The van der Waals surface area contributed by atoms with Crippen molar-refractivity contribution in [3.8, 4) is 78.7 Å². The van der Waals surface area contributed by atoms with Crippen molar-refractivity contribution in [2.45, 2.75) is 19.3 Å². The van der Waals surface area contributed by atoms with Crippen LogP contribution in [0.25, 0.3) is 98.8 Å². The summed E-state index contributed by atoms with van der Waals surface area (Å²) in [6.45, 7) is 4.72.